The van der Waals surface area contributed by atoms with E-state index >= 15 is 0 Å². The van der Waals surface area contributed by atoms with Crippen molar-refractivity contribution in [2.45, 2.75) is 37.5 Å². The summed E-state index contributed by atoms with van der Waals surface area (Å²) in [5.74, 6) is 2.49. The number of hydrogen-bond donors (Lipinski definition) is 1. The molecule has 1 aromatic rings. The van der Waals surface area contributed by atoms with E-state index in [0.29, 0.717) is 5.92 Å². The van der Waals surface area contributed by atoms with Gasteiger partial charge in [-0.1, -0.05) is 11.6 Å². The van der Waals surface area contributed by atoms with Gasteiger partial charge in [-0.15, -0.1) is 0 Å². The molecule has 1 saturated carbocycles. The van der Waals surface area contributed by atoms with Crippen molar-refractivity contribution in [3.63, 3.8) is 0 Å². The van der Waals surface area contributed by atoms with Gasteiger partial charge in [0, 0.05) is 18.0 Å². The van der Waals surface area contributed by atoms with Crippen molar-refractivity contribution >= 4 is 0 Å². The number of rotatable bonds is 2. The van der Waals surface area contributed by atoms with Crippen LogP contribution in [0.1, 0.15) is 48.8 Å². The molecule has 1 aliphatic carbocycles. The molecule has 0 radical (unpaired) electrons. The third kappa shape index (κ3) is 1.27. The maximum Gasteiger partial charge on any atom is 0.144 e. The predicted octanol–water partition coefficient (Wildman–Crippen LogP) is 2.02. The molecule has 0 aromatic carbocycles. The Bertz CT molecular complexity index is 311. The van der Waals surface area contributed by atoms with Crippen LogP contribution in [0.3, 0.4) is 0 Å². The first-order valence-electron chi connectivity index (χ1n) is 5.60. The highest BCUT2D eigenvalue weighted by molar-refractivity contribution is 5.25. The summed E-state index contributed by atoms with van der Waals surface area (Å²) in [4.78, 5) is 0. The maximum absolute atomic E-state index is 5.42. The average Bonchev–Trinajstić information content (AvgIpc) is 2.66. The summed E-state index contributed by atoms with van der Waals surface area (Å²) in [7, 11) is 0. The van der Waals surface area contributed by atoms with Crippen LogP contribution in [-0.4, -0.2) is 18.2 Å². The van der Waals surface area contributed by atoms with E-state index in [-0.39, 0.29) is 0 Å². The van der Waals surface area contributed by atoms with Crippen LogP contribution in [-0.2, 0) is 0 Å². The van der Waals surface area contributed by atoms with Crippen molar-refractivity contribution in [1.29, 1.82) is 0 Å². The average molecular weight is 192 g/mol. The number of nitrogens with one attached hydrogen (secondary N) is 1. The lowest BCUT2D eigenvalue weighted by atomic mass is 9.79. The third-order valence-electron chi connectivity index (χ3n) is 3.60. The van der Waals surface area contributed by atoms with Crippen molar-refractivity contribution < 1.29 is 4.52 Å². The van der Waals surface area contributed by atoms with E-state index in [0.717, 1.165) is 19.0 Å². The molecule has 2 fully saturated rings. The molecule has 76 valence electrons. The highest BCUT2D eigenvalue weighted by Gasteiger charge is 2.30. The largest absolute Gasteiger partial charge is 0.361 e. The minimum absolute atomic E-state index is 0.577. The van der Waals surface area contributed by atoms with Crippen LogP contribution in [0.25, 0.3) is 0 Å². The van der Waals surface area contributed by atoms with Crippen molar-refractivity contribution in [2.75, 3.05) is 13.1 Å². The van der Waals surface area contributed by atoms with E-state index in [1.54, 1.807) is 0 Å². The van der Waals surface area contributed by atoms with Crippen LogP contribution in [0.2, 0.25) is 0 Å². The molecule has 1 N–H and O–H groups in total. The normalized spacial score (nSPS) is 27.9. The summed E-state index contributed by atoms with van der Waals surface area (Å²) in [6.45, 7) is 2.18. The van der Waals surface area contributed by atoms with Gasteiger partial charge in [0.05, 0.1) is 6.20 Å². The molecule has 1 aliphatic heterocycles. The maximum atomic E-state index is 5.42. The zero-order chi connectivity index (χ0) is 9.38. The molecule has 1 unspecified atom stereocenters. The molecule has 0 spiro atoms. The first-order chi connectivity index (χ1) is 6.95. The molecule has 2 heterocycles. The molecule has 14 heavy (non-hydrogen) atoms. The first-order valence-corrected chi connectivity index (χ1v) is 5.60. The summed E-state index contributed by atoms with van der Waals surface area (Å²) in [5, 5.41) is 7.34. The zero-order valence-corrected chi connectivity index (χ0v) is 8.33. The first kappa shape index (κ1) is 8.48. The SMILES string of the molecule is c1noc(C2CCNC2)c1C1CCC1. The molecule has 2 aliphatic rings. The Morgan fingerprint density at radius 1 is 1.29 bits per heavy atom. The minimum Gasteiger partial charge on any atom is -0.361 e. The van der Waals surface area contributed by atoms with Gasteiger partial charge >= 0.3 is 0 Å². The van der Waals surface area contributed by atoms with Crippen LogP contribution in [0, 0.1) is 0 Å². The van der Waals surface area contributed by atoms with Crippen LogP contribution in [0.5, 0.6) is 0 Å². The molecule has 0 amide bonds. The van der Waals surface area contributed by atoms with Gasteiger partial charge in [-0.3, -0.25) is 0 Å². The lowest BCUT2D eigenvalue weighted by Gasteiger charge is -2.25. The highest BCUT2D eigenvalue weighted by atomic mass is 16.5. The van der Waals surface area contributed by atoms with Crippen molar-refractivity contribution in [2.24, 2.45) is 0 Å². The van der Waals surface area contributed by atoms with E-state index < -0.39 is 0 Å². The summed E-state index contributed by atoms with van der Waals surface area (Å²) in [6, 6.07) is 0. The second kappa shape index (κ2) is 3.39. The number of aromatic nitrogens is 1. The quantitative estimate of drug-likeness (QED) is 0.779. The molecule has 3 heteroatoms. The lowest BCUT2D eigenvalue weighted by Crippen LogP contribution is -2.13. The van der Waals surface area contributed by atoms with Crippen molar-refractivity contribution in [1.82, 2.24) is 10.5 Å². The highest BCUT2D eigenvalue weighted by Crippen LogP contribution is 2.40. The molecule has 3 rings (SSSR count). The molecular formula is C11H16N2O. The third-order valence-corrected chi connectivity index (χ3v) is 3.60. The van der Waals surface area contributed by atoms with E-state index in [1.165, 1.54) is 37.0 Å². The van der Waals surface area contributed by atoms with Gasteiger partial charge in [0.1, 0.15) is 5.76 Å². The predicted molar refractivity (Wildman–Crippen MR) is 53.3 cm³/mol. The summed E-state index contributed by atoms with van der Waals surface area (Å²) in [6.07, 6.45) is 7.17. The Balaban J connectivity index is 1.85. The number of hydrogen-bond acceptors (Lipinski definition) is 3. The van der Waals surface area contributed by atoms with E-state index in [9.17, 15) is 0 Å². The van der Waals surface area contributed by atoms with Crippen LogP contribution < -0.4 is 5.32 Å². The van der Waals surface area contributed by atoms with Crippen LogP contribution >= 0.6 is 0 Å². The topological polar surface area (TPSA) is 38.1 Å². The Morgan fingerprint density at radius 2 is 2.21 bits per heavy atom. The molecule has 3 nitrogen and oxygen atoms in total. The van der Waals surface area contributed by atoms with E-state index in [2.05, 4.69) is 10.5 Å². The molecule has 1 aromatic heterocycles. The van der Waals surface area contributed by atoms with Gasteiger partial charge in [-0.05, 0) is 31.7 Å². The summed E-state index contributed by atoms with van der Waals surface area (Å²) >= 11 is 0. The standard InChI is InChI=1S/C11H16N2O/c1-2-8(3-1)10-7-13-14-11(10)9-4-5-12-6-9/h7-9,12H,1-6H2. The van der Waals surface area contributed by atoms with Crippen LogP contribution in [0.4, 0.5) is 0 Å². The molecular weight excluding hydrogens is 176 g/mol. The fraction of sp³-hybridized carbons (Fsp3) is 0.727. The van der Waals surface area contributed by atoms with Gasteiger partial charge in [-0.25, -0.2) is 0 Å². The zero-order valence-electron chi connectivity index (χ0n) is 8.33. The second-order valence-corrected chi connectivity index (χ2v) is 4.46. The lowest BCUT2D eigenvalue weighted by molar-refractivity contribution is 0.352. The monoisotopic (exact) mass is 192 g/mol. The Hall–Kier alpha value is -0.830. The van der Waals surface area contributed by atoms with Gasteiger partial charge in [0.2, 0.25) is 0 Å². The van der Waals surface area contributed by atoms with E-state index in [1.807, 2.05) is 6.20 Å². The minimum atomic E-state index is 0.577. The van der Waals surface area contributed by atoms with E-state index in [4.69, 9.17) is 4.52 Å². The van der Waals surface area contributed by atoms with Crippen molar-refractivity contribution in [3.05, 3.63) is 17.5 Å². The van der Waals surface area contributed by atoms with Gasteiger partial charge in [0.15, 0.2) is 0 Å². The second-order valence-electron chi connectivity index (χ2n) is 4.46. The van der Waals surface area contributed by atoms with Crippen LogP contribution in [0.15, 0.2) is 10.7 Å². The molecule has 1 atom stereocenters. The smallest absolute Gasteiger partial charge is 0.144 e. The number of nitrogens with zero attached hydrogens (tertiary/aromatic N) is 1. The van der Waals surface area contributed by atoms with Gasteiger partial charge < -0.3 is 9.84 Å². The molecule has 1 saturated heterocycles. The fourth-order valence-corrected chi connectivity index (χ4v) is 2.47. The Morgan fingerprint density at radius 3 is 2.86 bits per heavy atom. The fourth-order valence-electron chi connectivity index (χ4n) is 2.47. The van der Waals surface area contributed by atoms with Crippen molar-refractivity contribution in [3.8, 4) is 0 Å². The Labute approximate surface area is 83.9 Å². The van der Waals surface area contributed by atoms with Gasteiger partial charge in [-0.2, -0.15) is 0 Å². The molecule has 0 bridgehead atoms. The summed E-state index contributed by atoms with van der Waals surface area (Å²) < 4.78 is 5.42. The summed E-state index contributed by atoms with van der Waals surface area (Å²) in [5.41, 5.74) is 1.39. The Kier molecular flexibility index (Phi) is 2.05. The van der Waals surface area contributed by atoms with Gasteiger partial charge in [0.25, 0.3) is 0 Å².